The Morgan fingerprint density at radius 3 is 1.76 bits per heavy atom. The molecule has 1 N–H and O–H groups in total. The van der Waals surface area contributed by atoms with Gasteiger partial charge in [-0.2, -0.15) is 0 Å². The van der Waals surface area contributed by atoms with E-state index >= 15 is 0 Å². The van der Waals surface area contributed by atoms with Gasteiger partial charge in [0.1, 0.15) is 0 Å². The maximum atomic E-state index is 11.0. The fourth-order valence-electron chi connectivity index (χ4n) is 2.46. The van der Waals surface area contributed by atoms with Crippen LogP contribution in [0.25, 0.3) is 0 Å². The zero-order valence-electron chi connectivity index (χ0n) is 16.9. The van der Waals surface area contributed by atoms with Crippen LogP contribution in [0.2, 0.25) is 0 Å². The second-order valence-electron chi connectivity index (χ2n) is 7.17. The van der Waals surface area contributed by atoms with Crippen molar-refractivity contribution in [1.82, 2.24) is 0 Å². The van der Waals surface area contributed by atoms with Crippen LogP contribution in [-0.4, -0.2) is 17.0 Å². The van der Waals surface area contributed by atoms with Crippen molar-refractivity contribution >= 4 is 11.9 Å². The molecule has 25 heavy (non-hydrogen) atoms. The lowest BCUT2D eigenvalue weighted by Gasteiger charge is -2.16. The number of ether oxygens (including phenoxy) is 1. The molecule has 0 aromatic rings. The van der Waals surface area contributed by atoms with Gasteiger partial charge in [-0.15, -0.1) is 0 Å². The van der Waals surface area contributed by atoms with Gasteiger partial charge in [0.15, 0.2) is 0 Å². The Labute approximate surface area is 155 Å². The Bertz CT molecular complexity index is 348. The number of aliphatic carboxylic acids is 1. The predicted octanol–water partition coefficient (Wildman–Crippen LogP) is 6.49. The molecule has 0 aliphatic heterocycles. The summed E-state index contributed by atoms with van der Waals surface area (Å²) >= 11 is 0. The fraction of sp³-hybridized carbons (Fsp3) is 0.810. The molecule has 148 valence electrons. The summed E-state index contributed by atoms with van der Waals surface area (Å²) < 4.78 is 4.64. The molecule has 0 aromatic carbocycles. The van der Waals surface area contributed by atoms with E-state index in [9.17, 15) is 9.59 Å². The van der Waals surface area contributed by atoms with Gasteiger partial charge in [-0.3, -0.25) is 9.59 Å². The van der Waals surface area contributed by atoms with Crippen molar-refractivity contribution in [3.05, 3.63) is 12.8 Å². The summed E-state index contributed by atoms with van der Waals surface area (Å²) in [6, 6.07) is 0. The first kappa shape index (κ1) is 25.9. The molecule has 0 unspecified atom stereocenters. The minimum Gasteiger partial charge on any atom is -0.481 e. The van der Waals surface area contributed by atoms with Gasteiger partial charge in [0.2, 0.25) is 0 Å². The predicted molar refractivity (Wildman–Crippen MR) is 104 cm³/mol. The van der Waals surface area contributed by atoms with Gasteiger partial charge >= 0.3 is 11.9 Å². The Hall–Kier alpha value is -1.32. The van der Waals surface area contributed by atoms with Crippen molar-refractivity contribution in [3.63, 3.8) is 0 Å². The second-order valence-corrected chi connectivity index (χ2v) is 7.17. The molecule has 0 aliphatic rings. The van der Waals surface area contributed by atoms with Crippen LogP contribution in [0, 0.1) is 5.41 Å². The number of esters is 1. The molecule has 0 spiro atoms. The van der Waals surface area contributed by atoms with Crippen LogP contribution in [0.4, 0.5) is 0 Å². The molecule has 0 aromatic heterocycles. The highest BCUT2D eigenvalue weighted by Crippen LogP contribution is 2.21. The van der Waals surface area contributed by atoms with Gasteiger partial charge in [0.25, 0.3) is 0 Å². The third-order valence-electron chi connectivity index (χ3n) is 4.15. The number of carbonyl (C=O) groups is 2. The smallest absolute Gasteiger partial charge is 0.310 e. The number of rotatable bonds is 14. The Balaban J connectivity index is 0. The minimum atomic E-state index is -0.704. The second kappa shape index (κ2) is 17.5. The van der Waals surface area contributed by atoms with Gasteiger partial charge in [-0.25, -0.2) is 0 Å². The fourth-order valence-corrected chi connectivity index (χ4v) is 2.46. The van der Waals surface area contributed by atoms with Crippen molar-refractivity contribution in [2.75, 3.05) is 0 Å². The van der Waals surface area contributed by atoms with Crippen LogP contribution in [0.1, 0.15) is 105 Å². The molecule has 0 rings (SSSR count). The molecule has 0 saturated carbocycles. The summed E-state index contributed by atoms with van der Waals surface area (Å²) in [6.45, 7) is 11.1. The Morgan fingerprint density at radius 1 is 0.920 bits per heavy atom. The lowest BCUT2D eigenvalue weighted by molar-refractivity contribution is -0.147. The van der Waals surface area contributed by atoms with Crippen LogP contribution >= 0.6 is 0 Å². The summed E-state index contributed by atoms with van der Waals surface area (Å²) in [5.41, 5.74) is -0.533. The maximum absolute atomic E-state index is 11.0. The van der Waals surface area contributed by atoms with Crippen LogP contribution in [0.3, 0.4) is 0 Å². The van der Waals surface area contributed by atoms with Crippen molar-refractivity contribution in [2.24, 2.45) is 5.41 Å². The summed E-state index contributed by atoms with van der Waals surface area (Å²) in [5.74, 6) is -0.859. The normalized spacial score (nSPS) is 10.6. The van der Waals surface area contributed by atoms with E-state index in [1.807, 2.05) is 6.92 Å². The van der Waals surface area contributed by atoms with Gasteiger partial charge in [0.05, 0.1) is 11.7 Å². The van der Waals surface area contributed by atoms with Crippen molar-refractivity contribution in [3.8, 4) is 0 Å². The molecule has 0 aliphatic carbocycles. The zero-order valence-corrected chi connectivity index (χ0v) is 16.9. The Morgan fingerprint density at radius 2 is 1.40 bits per heavy atom. The number of carboxylic acid groups (broad SMARTS) is 1. The molecular weight excluding hydrogens is 316 g/mol. The van der Waals surface area contributed by atoms with Crippen LogP contribution in [0.15, 0.2) is 12.8 Å². The third kappa shape index (κ3) is 18.9. The summed E-state index contributed by atoms with van der Waals surface area (Å²) in [4.78, 5) is 21.4. The average Bonchev–Trinajstić information content (AvgIpc) is 2.54. The van der Waals surface area contributed by atoms with E-state index in [-0.39, 0.29) is 5.97 Å². The van der Waals surface area contributed by atoms with Crippen LogP contribution in [0.5, 0.6) is 0 Å². The Kier molecular flexibility index (Phi) is 18.1. The number of carboxylic acids is 1. The first-order valence-corrected chi connectivity index (χ1v) is 9.85. The topological polar surface area (TPSA) is 63.6 Å². The highest BCUT2D eigenvalue weighted by Gasteiger charge is 2.25. The monoisotopic (exact) mass is 356 g/mol. The highest BCUT2D eigenvalue weighted by molar-refractivity contribution is 5.73. The van der Waals surface area contributed by atoms with Crippen molar-refractivity contribution in [1.29, 1.82) is 0 Å². The van der Waals surface area contributed by atoms with E-state index in [4.69, 9.17) is 5.11 Å². The summed E-state index contributed by atoms with van der Waals surface area (Å²) in [6.07, 6.45) is 14.8. The van der Waals surface area contributed by atoms with Crippen molar-refractivity contribution < 1.29 is 19.4 Å². The lowest BCUT2D eigenvalue weighted by Crippen LogP contribution is -2.22. The van der Waals surface area contributed by atoms with Crippen molar-refractivity contribution in [2.45, 2.75) is 105 Å². The molecule has 0 heterocycles. The number of carbonyl (C=O) groups excluding carboxylic acids is 1. The van der Waals surface area contributed by atoms with Gasteiger partial charge in [-0.05, 0) is 26.7 Å². The van der Waals surface area contributed by atoms with E-state index in [0.29, 0.717) is 6.42 Å². The first-order chi connectivity index (χ1) is 11.8. The summed E-state index contributed by atoms with van der Waals surface area (Å²) in [5, 5.41) is 8.57. The zero-order chi connectivity index (χ0) is 19.6. The van der Waals surface area contributed by atoms with E-state index in [0.717, 1.165) is 25.7 Å². The SMILES string of the molecule is C=COC(=O)CCCCCCCCCCC.CCCC(C)(C)C(=O)O. The van der Waals surface area contributed by atoms with Crippen LogP contribution in [-0.2, 0) is 14.3 Å². The quantitative estimate of drug-likeness (QED) is 0.219. The average molecular weight is 357 g/mol. The number of hydrogen-bond donors (Lipinski definition) is 1. The van der Waals surface area contributed by atoms with Gasteiger partial charge < -0.3 is 9.84 Å². The third-order valence-corrected chi connectivity index (χ3v) is 4.15. The van der Waals surface area contributed by atoms with Gasteiger partial charge in [-0.1, -0.05) is 78.2 Å². The summed E-state index contributed by atoms with van der Waals surface area (Å²) in [7, 11) is 0. The first-order valence-electron chi connectivity index (χ1n) is 9.85. The van der Waals surface area contributed by atoms with E-state index in [2.05, 4.69) is 18.2 Å². The number of hydrogen-bond acceptors (Lipinski definition) is 3. The largest absolute Gasteiger partial charge is 0.481 e. The minimum absolute atomic E-state index is 0.155. The molecule has 4 nitrogen and oxygen atoms in total. The van der Waals surface area contributed by atoms with Crippen LogP contribution < -0.4 is 0 Å². The maximum Gasteiger partial charge on any atom is 0.310 e. The molecule has 0 bridgehead atoms. The standard InChI is InChI=1S/C14H26O2.C7H14O2/c1-3-5-6-7-8-9-10-11-12-13-14(15)16-4-2;1-4-5-7(2,3)6(8)9/h4H,2-3,5-13H2,1H3;4-5H2,1-3H3,(H,8,9). The van der Waals surface area contributed by atoms with Gasteiger partial charge in [0, 0.05) is 6.42 Å². The number of unbranched alkanes of at least 4 members (excludes halogenated alkanes) is 8. The molecule has 0 atom stereocenters. The molecule has 0 radical (unpaired) electrons. The van der Waals surface area contributed by atoms with E-state index in [1.54, 1.807) is 13.8 Å². The molecule has 0 amide bonds. The molecule has 0 fully saturated rings. The molecule has 4 heteroatoms. The molecular formula is C21H40O4. The lowest BCUT2D eigenvalue weighted by atomic mass is 9.88. The van der Waals surface area contributed by atoms with E-state index in [1.165, 1.54) is 51.2 Å². The molecule has 0 saturated heterocycles. The van der Waals surface area contributed by atoms with E-state index < -0.39 is 11.4 Å². The highest BCUT2D eigenvalue weighted by atomic mass is 16.5.